The van der Waals surface area contributed by atoms with Crippen molar-refractivity contribution in [2.45, 2.75) is 50.6 Å². The van der Waals surface area contributed by atoms with Crippen LogP contribution in [0, 0.1) is 5.92 Å². The van der Waals surface area contributed by atoms with Gasteiger partial charge in [-0.2, -0.15) is 0 Å². The maximum absolute atomic E-state index is 12.2. The van der Waals surface area contributed by atoms with E-state index in [2.05, 4.69) is 16.0 Å². The number of fused-ring (bicyclic) bond motifs is 1. The van der Waals surface area contributed by atoms with Crippen molar-refractivity contribution in [3.8, 4) is 0 Å². The maximum Gasteiger partial charge on any atom is 0.237 e. The average Bonchev–Trinajstić information content (AvgIpc) is 3.00. The molecule has 3 rings (SSSR count). The van der Waals surface area contributed by atoms with Crippen molar-refractivity contribution in [1.29, 1.82) is 0 Å². The average molecular weight is 315 g/mol. The smallest absolute Gasteiger partial charge is 0.237 e. The Morgan fingerprint density at radius 2 is 1.91 bits per heavy atom. The van der Waals surface area contributed by atoms with Gasteiger partial charge in [0.05, 0.1) is 6.04 Å². The van der Waals surface area contributed by atoms with E-state index in [-0.39, 0.29) is 17.9 Å². The highest BCUT2D eigenvalue weighted by Crippen LogP contribution is 2.33. The predicted molar refractivity (Wildman–Crippen MR) is 90.0 cm³/mol. The van der Waals surface area contributed by atoms with Gasteiger partial charge in [-0.05, 0) is 37.3 Å². The molecule has 1 heterocycles. The molecule has 0 spiro atoms. The van der Waals surface area contributed by atoms with Gasteiger partial charge in [-0.15, -0.1) is 0 Å². The van der Waals surface area contributed by atoms with Crippen LogP contribution in [0.1, 0.15) is 38.5 Å². The zero-order valence-electron chi connectivity index (χ0n) is 13.4. The van der Waals surface area contributed by atoms with Gasteiger partial charge in [0.2, 0.25) is 11.8 Å². The molecule has 1 aliphatic heterocycles. The second kappa shape index (κ2) is 7.59. The molecule has 0 bridgehead atoms. The molecule has 3 atom stereocenters. The summed E-state index contributed by atoms with van der Waals surface area (Å²) in [5.74, 6) is 0.609. The number of para-hydroxylation sites is 1. The quantitative estimate of drug-likeness (QED) is 0.779. The molecule has 5 nitrogen and oxygen atoms in total. The van der Waals surface area contributed by atoms with Crippen LogP contribution < -0.4 is 16.0 Å². The lowest BCUT2D eigenvalue weighted by molar-refractivity contribution is -0.123. The Hall–Kier alpha value is -1.88. The fourth-order valence-electron chi connectivity index (χ4n) is 3.69. The molecule has 23 heavy (non-hydrogen) atoms. The highest BCUT2D eigenvalue weighted by Gasteiger charge is 2.37. The lowest BCUT2D eigenvalue weighted by Gasteiger charge is -2.24. The molecule has 0 aromatic heterocycles. The van der Waals surface area contributed by atoms with E-state index in [0.717, 1.165) is 12.1 Å². The number of anilines is 1. The molecule has 2 aliphatic rings. The first kappa shape index (κ1) is 16.0. The first-order chi connectivity index (χ1) is 11.2. The van der Waals surface area contributed by atoms with Gasteiger partial charge in [0.25, 0.3) is 0 Å². The second-order valence-electron chi connectivity index (χ2n) is 6.56. The van der Waals surface area contributed by atoms with Gasteiger partial charge in [-0.1, -0.05) is 31.0 Å². The van der Waals surface area contributed by atoms with E-state index < -0.39 is 0 Å². The first-order valence-electron chi connectivity index (χ1n) is 8.61. The molecule has 0 radical (unpaired) electrons. The lowest BCUT2D eigenvalue weighted by atomic mass is 9.85. The molecular formula is C18H25N3O2. The number of rotatable bonds is 5. The molecule has 3 unspecified atom stereocenters. The number of carbonyl (C=O) groups excluding carboxylic acids is 2. The second-order valence-corrected chi connectivity index (χ2v) is 6.56. The summed E-state index contributed by atoms with van der Waals surface area (Å²) in [6.07, 6.45) is 6.21. The summed E-state index contributed by atoms with van der Waals surface area (Å²) >= 11 is 0. The standard InChI is InChI=1S/C18H25N3O2/c22-17(20-14-7-2-1-3-8-14)10-11-19-18(23)16-12-13-6-4-5-9-15(13)21-16/h1-3,7-8,13,15-16,21H,4-6,9-12H2,(H,19,23)(H,20,22). The molecule has 1 saturated carbocycles. The van der Waals surface area contributed by atoms with Crippen molar-refractivity contribution in [3.05, 3.63) is 30.3 Å². The maximum atomic E-state index is 12.2. The third-order valence-corrected chi connectivity index (χ3v) is 4.89. The molecule has 1 aromatic rings. The third-order valence-electron chi connectivity index (χ3n) is 4.89. The van der Waals surface area contributed by atoms with Crippen molar-refractivity contribution in [1.82, 2.24) is 10.6 Å². The van der Waals surface area contributed by atoms with Crippen LogP contribution >= 0.6 is 0 Å². The minimum absolute atomic E-state index is 0.0342. The van der Waals surface area contributed by atoms with Crippen molar-refractivity contribution < 1.29 is 9.59 Å². The fraction of sp³-hybridized carbons (Fsp3) is 0.556. The third kappa shape index (κ3) is 4.32. The van der Waals surface area contributed by atoms with E-state index in [4.69, 9.17) is 0 Å². The minimum Gasteiger partial charge on any atom is -0.354 e. The van der Waals surface area contributed by atoms with Gasteiger partial charge in [-0.3, -0.25) is 9.59 Å². The zero-order valence-corrected chi connectivity index (χ0v) is 13.4. The van der Waals surface area contributed by atoms with Crippen molar-refractivity contribution in [3.63, 3.8) is 0 Å². The predicted octanol–water partition coefficient (Wildman–Crippen LogP) is 2.05. The van der Waals surface area contributed by atoms with E-state index in [0.29, 0.717) is 24.9 Å². The number of nitrogens with one attached hydrogen (secondary N) is 3. The van der Waals surface area contributed by atoms with E-state index in [1.54, 1.807) is 0 Å². The molecule has 1 aromatic carbocycles. The molecule has 1 saturated heterocycles. The minimum atomic E-state index is -0.0831. The topological polar surface area (TPSA) is 70.2 Å². The summed E-state index contributed by atoms with van der Waals surface area (Å²) in [4.78, 5) is 24.1. The van der Waals surface area contributed by atoms with E-state index >= 15 is 0 Å². The van der Waals surface area contributed by atoms with Crippen LogP contribution in [0.15, 0.2) is 30.3 Å². The van der Waals surface area contributed by atoms with Crippen LogP contribution in [0.4, 0.5) is 5.69 Å². The van der Waals surface area contributed by atoms with Crippen molar-refractivity contribution >= 4 is 17.5 Å². The monoisotopic (exact) mass is 315 g/mol. The number of amides is 2. The van der Waals surface area contributed by atoms with Crippen molar-refractivity contribution in [2.24, 2.45) is 5.92 Å². The Morgan fingerprint density at radius 1 is 1.13 bits per heavy atom. The summed E-state index contributed by atoms with van der Waals surface area (Å²) in [5.41, 5.74) is 0.783. The molecule has 2 fully saturated rings. The van der Waals surface area contributed by atoms with E-state index in [1.807, 2.05) is 30.3 Å². The molecular weight excluding hydrogens is 290 g/mol. The summed E-state index contributed by atoms with van der Waals surface area (Å²) in [5, 5.41) is 9.17. The molecule has 124 valence electrons. The molecule has 3 N–H and O–H groups in total. The van der Waals surface area contributed by atoms with Crippen molar-refractivity contribution in [2.75, 3.05) is 11.9 Å². The van der Waals surface area contributed by atoms with Gasteiger partial charge in [0.15, 0.2) is 0 Å². The van der Waals surface area contributed by atoms with Crippen LogP contribution in [0.3, 0.4) is 0 Å². The highest BCUT2D eigenvalue weighted by molar-refractivity contribution is 5.91. The Bertz CT molecular complexity index is 532. The van der Waals surface area contributed by atoms with Crippen LogP contribution in [-0.2, 0) is 9.59 Å². The van der Waals surface area contributed by atoms with Crippen LogP contribution in [-0.4, -0.2) is 30.4 Å². The summed E-state index contributed by atoms with van der Waals surface area (Å²) < 4.78 is 0. The lowest BCUT2D eigenvalue weighted by Crippen LogP contribution is -2.43. The Labute approximate surface area is 137 Å². The van der Waals surface area contributed by atoms with Gasteiger partial charge < -0.3 is 16.0 Å². The molecule has 1 aliphatic carbocycles. The molecule has 2 amide bonds. The fourth-order valence-corrected chi connectivity index (χ4v) is 3.69. The Kier molecular flexibility index (Phi) is 5.28. The Balaban J connectivity index is 1.37. The summed E-state index contributed by atoms with van der Waals surface area (Å²) in [7, 11) is 0. The SMILES string of the molecule is O=C(CCNC(=O)C1CC2CCCCC2N1)Nc1ccccc1. The number of hydrogen-bond acceptors (Lipinski definition) is 3. The number of benzene rings is 1. The van der Waals surface area contributed by atoms with Crippen LogP contribution in [0.25, 0.3) is 0 Å². The normalized spacial score (nSPS) is 26.3. The van der Waals surface area contributed by atoms with Gasteiger partial charge in [0.1, 0.15) is 0 Å². The summed E-state index contributed by atoms with van der Waals surface area (Å²) in [6.45, 7) is 0.380. The highest BCUT2D eigenvalue weighted by atomic mass is 16.2. The number of hydrogen-bond donors (Lipinski definition) is 3. The van der Waals surface area contributed by atoms with Gasteiger partial charge in [0, 0.05) is 24.7 Å². The van der Waals surface area contributed by atoms with E-state index in [9.17, 15) is 9.59 Å². The summed E-state index contributed by atoms with van der Waals surface area (Å²) in [6, 6.07) is 9.79. The Morgan fingerprint density at radius 3 is 2.70 bits per heavy atom. The first-order valence-corrected chi connectivity index (χ1v) is 8.61. The van der Waals surface area contributed by atoms with Crippen LogP contribution in [0.5, 0.6) is 0 Å². The number of carbonyl (C=O) groups is 2. The molecule has 5 heteroatoms. The van der Waals surface area contributed by atoms with E-state index in [1.165, 1.54) is 25.7 Å². The largest absolute Gasteiger partial charge is 0.354 e. The zero-order chi connectivity index (χ0) is 16.1. The van der Waals surface area contributed by atoms with Gasteiger partial charge >= 0.3 is 0 Å². The van der Waals surface area contributed by atoms with Crippen LogP contribution in [0.2, 0.25) is 0 Å². The van der Waals surface area contributed by atoms with Gasteiger partial charge in [-0.25, -0.2) is 0 Å².